The predicted molar refractivity (Wildman–Crippen MR) is 97.4 cm³/mol. The number of para-hydroxylation sites is 1. The highest BCUT2D eigenvalue weighted by molar-refractivity contribution is 6.36. The second-order valence-corrected chi connectivity index (χ2v) is 5.91. The van der Waals surface area contributed by atoms with E-state index in [1.807, 2.05) is 37.4 Å². The minimum Gasteiger partial charge on any atom is -0.368 e. The van der Waals surface area contributed by atoms with Crippen LogP contribution in [0.3, 0.4) is 0 Å². The van der Waals surface area contributed by atoms with Crippen molar-refractivity contribution in [3.05, 3.63) is 52.5 Å². The summed E-state index contributed by atoms with van der Waals surface area (Å²) < 4.78 is 0. The number of likely N-dealkylation sites (N-methyl/N-ethyl adjacent to an activating group) is 1. The van der Waals surface area contributed by atoms with Crippen LogP contribution in [0, 0.1) is 0 Å². The Morgan fingerprint density at radius 3 is 2.61 bits per heavy atom. The first-order valence-electron chi connectivity index (χ1n) is 7.29. The molecule has 1 heterocycles. The van der Waals surface area contributed by atoms with Crippen molar-refractivity contribution in [2.75, 3.05) is 25.5 Å². The molecule has 23 heavy (non-hydrogen) atoms. The van der Waals surface area contributed by atoms with Crippen LogP contribution in [0.4, 0.5) is 5.82 Å². The number of halogens is 2. The Balaban J connectivity index is 2.10. The van der Waals surface area contributed by atoms with Gasteiger partial charge in [-0.15, -0.1) is 0 Å². The number of aromatic nitrogens is 2. The average Bonchev–Trinajstić information content (AvgIpc) is 2.55. The summed E-state index contributed by atoms with van der Waals surface area (Å²) in [6.07, 6.45) is 0. The number of hydrogen-bond acceptors (Lipinski definition) is 4. The summed E-state index contributed by atoms with van der Waals surface area (Å²) in [4.78, 5) is 9.29. The van der Waals surface area contributed by atoms with Crippen molar-refractivity contribution in [2.24, 2.45) is 0 Å². The van der Waals surface area contributed by atoms with E-state index in [0.717, 1.165) is 35.4 Å². The first-order chi connectivity index (χ1) is 11.2. The fraction of sp³-hybridized carbons (Fsp3) is 0.176. The van der Waals surface area contributed by atoms with Crippen molar-refractivity contribution in [2.45, 2.75) is 0 Å². The van der Waals surface area contributed by atoms with E-state index in [1.54, 1.807) is 12.1 Å². The average molecular weight is 347 g/mol. The van der Waals surface area contributed by atoms with Gasteiger partial charge >= 0.3 is 0 Å². The molecule has 0 amide bonds. The fourth-order valence-corrected chi connectivity index (χ4v) is 2.80. The van der Waals surface area contributed by atoms with Crippen molar-refractivity contribution in [1.82, 2.24) is 15.3 Å². The molecule has 4 nitrogen and oxygen atoms in total. The lowest BCUT2D eigenvalue weighted by molar-refractivity contribution is 0.822. The van der Waals surface area contributed by atoms with Crippen LogP contribution in [-0.2, 0) is 0 Å². The van der Waals surface area contributed by atoms with Gasteiger partial charge in [-0.2, -0.15) is 0 Å². The molecule has 0 fully saturated rings. The molecule has 2 N–H and O–H groups in total. The molecular weight excluding hydrogens is 331 g/mol. The van der Waals surface area contributed by atoms with Gasteiger partial charge in [0, 0.05) is 29.1 Å². The Hall–Kier alpha value is -1.88. The maximum atomic E-state index is 6.30. The SMILES string of the molecule is CNCCNc1nc(-c2ccc(Cl)cc2Cl)nc2ccccc12. The number of rotatable bonds is 5. The molecule has 0 unspecified atom stereocenters. The summed E-state index contributed by atoms with van der Waals surface area (Å²) in [5, 5.41) is 8.56. The van der Waals surface area contributed by atoms with Gasteiger partial charge in [0.2, 0.25) is 0 Å². The van der Waals surface area contributed by atoms with Gasteiger partial charge in [-0.1, -0.05) is 35.3 Å². The topological polar surface area (TPSA) is 49.8 Å². The van der Waals surface area contributed by atoms with Crippen LogP contribution in [0.1, 0.15) is 0 Å². The maximum absolute atomic E-state index is 6.30. The number of benzene rings is 2. The molecule has 0 aliphatic heterocycles. The van der Waals surface area contributed by atoms with Crippen molar-refractivity contribution in [3.8, 4) is 11.4 Å². The van der Waals surface area contributed by atoms with Gasteiger partial charge in [0.1, 0.15) is 5.82 Å². The van der Waals surface area contributed by atoms with Gasteiger partial charge in [-0.3, -0.25) is 0 Å². The highest BCUT2D eigenvalue weighted by Crippen LogP contribution is 2.31. The van der Waals surface area contributed by atoms with Crippen LogP contribution in [0.2, 0.25) is 10.0 Å². The first-order valence-corrected chi connectivity index (χ1v) is 8.05. The molecule has 3 aromatic rings. The molecule has 118 valence electrons. The molecule has 1 aromatic heterocycles. The Labute approximate surface area is 144 Å². The number of fused-ring (bicyclic) bond motifs is 1. The molecule has 0 radical (unpaired) electrons. The summed E-state index contributed by atoms with van der Waals surface area (Å²) in [7, 11) is 1.92. The van der Waals surface area contributed by atoms with Crippen LogP contribution >= 0.6 is 23.2 Å². The summed E-state index contributed by atoms with van der Waals surface area (Å²) in [5.41, 5.74) is 1.63. The van der Waals surface area contributed by atoms with Gasteiger partial charge < -0.3 is 10.6 Å². The van der Waals surface area contributed by atoms with Gasteiger partial charge in [0.15, 0.2) is 5.82 Å². The molecule has 2 aromatic carbocycles. The molecular formula is C17H16Cl2N4. The van der Waals surface area contributed by atoms with Crippen molar-refractivity contribution >= 4 is 39.9 Å². The largest absolute Gasteiger partial charge is 0.368 e. The smallest absolute Gasteiger partial charge is 0.163 e. The zero-order valence-corrected chi connectivity index (χ0v) is 14.1. The van der Waals surface area contributed by atoms with E-state index in [1.165, 1.54) is 0 Å². The molecule has 0 saturated heterocycles. The fourth-order valence-electron chi connectivity index (χ4n) is 2.31. The first kappa shape index (κ1) is 16.0. The lowest BCUT2D eigenvalue weighted by atomic mass is 10.2. The van der Waals surface area contributed by atoms with E-state index in [4.69, 9.17) is 23.2 Å². The van der Waals surface area contributed by atoms with Gasteiger partial charge in [0.05, 0.1) is 10.5 Å². The Morgan fingerprint density at radius 2 is 1.83 bits per heavy atom. The zero-order valence-electron chi connectivity index (χ0n) is 12.6. The van der Waals surface area contributed by atoms with Crippen LogP contribution in [0.25, 0.3) is 22.3 Å². The highest BCUT2D eigenvalue weighted by Gasteiger charge is 2.12. The quantitative estimate of drug-likeness (QED) is 0.678. The van der Waals surface area contributed by atoms with Gasteiger partial charge in [0.25, 0.3) is 0 Å². The highest BCUT2D eigenvalue weighted by atomic mass is 35.5. The van der Waals surface area contributed by atoms with Crippen LogP contribution in [0.15, 0.2) is 42.5 Å². The number of nitrogens with zero attached hydrogens (tertiary/aromatic N) is 2. The summed E-state index contributed by atoms with van der Waals surface area (Å²) in [6.45, 7) is 1.61. The van der Waals surface area contributed by atoms with Crippen molar-refractivity contribution < 1.29 is 0 Å². The third-order valence-corrected chi connectivity index (χ3v) is 3.99. The monoisotopic (exact) mass is 346 g/mol. The minimum absolute atomic E-state index is 0.536. The van der Waals surface area contributed by atoms with E-state index in [2.05, 4.69) is 20.6 Å². The molecule has 0 atom stereocenters. The molecule has 0 bridgehead atoms. The summed E-state index contributed by atoms with van der Waals surface area (Å²) >= 11 is 12.3. The van der Waals surface area contributed by atoms with E-state index >= 15 is 0 Å². The third kappa shape index (κ3) is 3.55. The molecule has 0 aliphatic rings. The zero-order chi connectivity index (χ0) is 16.2. The summed E-state index contributed by atoms with van der Waals surface area (Å²) in [6, 6.07) is 13.2. The van der Waals surface area contributed by atoms with Gasteiger partial charge in [-0.05, 0) is 37.4 Å². The number of nitrogens with one attached hydrogen (secondary N) is 2. The Kier molecular flexibility index (Phi) is 4.96. The van der Waals surface area contributed by atoms with Crippen molar-refractivity contribution in [3.63, 3.8) is 0 Å². The molecule has 0 spiro atoms. The van der Waals surface area contributed by atoms with Gasteiger partial charge in [-0.25, -0.2) is 9.97 Å². The van der Waals surface area contributed by atoms with E-state index < -0.39 is 0 Å². The predicted octanol–water partition coefficient (Wildman–Crippen LogP) is 4.23. The molecule has 0 aliphatic carbocycles. The number of anilines is 1. The van der Waals surface area contributed by atoms with Crippen LogP contribution in [-0.4, -0.2) is 30.1 Å². The second-order valence-electron chi connectivity index (χ2n) is 5.07. The van der Waals surface area contributed by atoms with Crippen LogP contribution in [0.5, 0.6) is 0 Å². The number of hydrogen-bond donors (Lipinski definition) is 2. The Bertz CT molecular complexity index is 836. The standard InChI is InChI=1S/C17H16Cl2N4/c1-20-8-9-21-16-13-4-2-3-5-15(13)22-17(23-16)12-7-6-11(18)10-14(12)19/h2-7,10,20H,8-9H2,1H3,(H,21,22,23). The maximum Gasteiger partial charge on any atom is 0.163 e. The van der Waals surface area contributed by atoms with Crippen molar-refractivity contribution in [1.29, 1.82) is 0 Å². The molecule has 0 saturated carbocycles. The normalized spacial score (nSPS) is 10.9. The second kappa shape index (κ2) is 7.13. The van der Waals surface area contributed by atoms with Crippen LogP contribution < -0.4 is 10.6 Å². The molecule has 3 rings (SSSR count). The molecule has 6 heteroatoms. The van der Waals surface area contributed by atoms with E-state index in [-0.39, 0.29) is 0 Å². The lowest BCUT2D eigenvalue weighted by Crippen LogP contribution is -2.18. The third-order valence-electron chi connectivity index (χ3n) is 3.44. The summed E-state index contributed by atoms with van der Waals surface area (Å²) in [5.74, 6) is 1.38. The Morgan fingerprint density at radius 1 is 1.00 bits per heavy atom. The van der Waals surface area contributed by atoms with E-state index in [9.17, 15) is 0 Å². The van der Waals surface area contributed by atoms with E-state index in [0.29, 0.717) is 15.9 Å². The minimum atomic E-state index is 0.536. The lowest BCUT2D eigenvalue weighted by Gasteiger charge is -2.11.